The molecule has 0 fully saturated rings. The number of carbonyl (C=O) groups is 1. The molecule has 0 heterocycles. The van der Waals surface area contributed by atoms with E-state index in [0.717, 1.165) is 25.7 Å². The zero-order chi connectivity index (χ0) is 51.3. The Morgan fingerprint density at radius 2 is 0.521 bits per heavy atom. The highest BCUT2D eigenvalue weighted by molar-refractivity contribution is 5.76. The van der Waals surface area contributed by atoms with E-state index in [-0.39, 0.29) is 12.5 Å². The van der Waals surface area contributed by atoms with Crippen LogP contribution in [-0.4, -0.2) is 34.9 Å². The first-order valence-electron chi connectivity index (χ1n) is 33.4. The minimum Gasteiger partial charge on any atom is -0.394 e. The van der Waals surface area contributed by atoms with Crippen LogP contribution in [0.4, 0.5) is 0 Å². The number of amides is 1. The third kappa shape index (κ3) is 59.9. The van der Waals surface area contributed by atoms with Crippen LogP contribution >= 0.6 is 0 Å². The molecule has 0 bridgehead atoms. The predicted molar refractivity (Wildman–Crippen MR) is 318 cm³/mol. The molecule has 2 unspecified atom stereocenters. The molecule has 3 N–H and O–H groups in total. The molecule has 0 aliphatic heterocycles. The summed E-state index contributed by atoms with van der Waals surface area (Å²) in [5.74, 6) is -0.0535. The summed E-state index contributed by atoms with van der Waals surface area (Å²) < 4.78 is 0. The lowest BCUT2D eigenvalue weighted by Gasteiger charge is -2.20. The maximum absolute atomic E-state index is 12.5. The molecule has 0 saturated heterocycles. The van der Waals surface area contributed by atoms with Gasteiger partial charge in [-0.05, 0) is 19.3 Å². The number of allylic oxidation sites excluding steroid dienone is 1. The second-order valence-electron chi connectivity index (χ2n) is 23.3. The van der Waals surface area contributed by atoms with Crippen LogP contribution < -0.4 is 5.32 Å². The highest BCUT2D eigenvalue weighted by atomic mass is 16.3. The first-order valence-corrected chi connectivity index (χ1v) is 33.4. The van der Waals surface area contributed by atoms with Crippen LogP contribution in [0.25, 0.3) is 0 Å². The Morgan fingerprint density at radius 1 is 0.324 bits per heavy atom. The maximum Gasteiger partial charge on any atom is 0.220 e. The molecule has 0 aliphatic carbocycles. The highest BCUT2D eigenvalue weighted by Gasteiger charge is 2.18. The van der Waals surface area contributed by atoms with E-state index in [9.17, 15) is 15.0 Å². The number of aliphatic hydroxyl groups excluding tert-OH is 2. The Morgan fingerprint density at radius 3 is 0.732 bits per heavy atom. The lowest BCUT2D eigenvalue weighted by molar-refractivity contribution is -0.123. The van der Waals surface area contributed by atoms with Crippen LogP contribution in [0.3, 0.4) is 0 Å². The third-order valence-electron chi connectivity index (χ3n) is 16.0. The third-order valence-corrected chi connectivity index (χ3v) is 16.0. The molecule has 0 radical (unpaired) electrons. The summed E-state index contributed by atoms with van der Waals surface area (Å²) in [5, 5.41) is 23.3. The molecule has 4 heteroatoms. The Kier molecular flexibility index (Phi) is 62.6. The molecule has 0 aliphatic rings. The minimum atomic E-state index is -0.837. The van der Waals surface area contributed by atoms with E-state index in [1.165, 1.54) is 347 Å². The van der Waals surface area contributed by atoms with Crippen molar-refractivity contribution in [2.24, 2.45) is 0 Å². The molecule has 0 spiro atoms. The van der Waals surface area contributed by atoms with Gasteiger partial charge in [0, 0.05) is 6.42 Å². The SMILES string of the molecule is CCCCCCCCCCCCCCCCCCCCCCCCCC/C=C/C(O)C(CO)NC(=O)CCCCCCCCCCCCCCCCCCCCCCCCCCCCCCCCCCC. The van der Waals surface area contributed by atoms with Crippen molar-refractivity contribution in [1.29, 1.82) is 0 Å². The molecule has 0 aromatic rings. The van der Waals surface area contributed by atoms with Crippen LogP contribution in [0.2, 0.25) is 0 Å². The van der Waals surface area contributed by atoms with E-state index < -0.39 is 12.1 Å². The van der Waals surface area contributed by atoms with Gasteiger partial charge in [0.25, 0.3) is 0 Å². The number of aliphatic hydroxyl groups is 2. The van der Waals surface area contributed by atoms with Gasteiger partial charge >= 0.3 is 0 Å². The molecule has 0 aromatic heterocycles. The average Bonchev–Trinajstić information content (AvgIpc) is 3.37. The summed E-state index contributed by atoms with van der Waals surface area (Å²) in [7, 11) is 0. The Balaban J connectivity index is 3.40. The van der Waals surface area contributed by atoms with Gasteiger partial charge in [-0.25, -0.2) is 0 Å². The van der Waals surface area contributed by atoms with Crippen molar-refractivity contribution in [3.63, 3.8) is 0 Å². The topological polar surface area (TPSA) is 69.6 Å². The standard InChI is InChI=1S/C67H133NO3/c1-3-5-7-9-11-13-15-17-19-21-23-25-27-29-31-32-33-34-35-36-37-39-41-43-45-47-49-51-53-55-57-59-61-63-67(71)68-65(64-69)66(70)62-60-58-56-54-52-50-48-46-44-42-40-38-30-28-26-24-22-20-18-16-14-12-10-8-6-4-2/h60,62,65-66,69-70H,3-59,61,63-64H2,1-2H3,(H,68,71)/b62-60+. The smallest absolute Gasteiger partial charge is 0.220 e. The summed E-state index contributed by atoms with van der Waals surface area (Å²) in [6.45, 7) is 4.37. The largest absolute Gasteiger partial charge is 0.394 e. The van der Waals surface area contributed by atoms with E-state index in [1.54, 1.807) is 6.08 Å². The van der Waals surface area contributed by atoms with Crippen molar-refractivity contribution in [3.05, 3.63) is 12.2 Å². The number of hydrogen-bond acceptors (Lipinski definition) is 3. The quantitative estimate of drug-likeness (QED) is 0.0420. The predicted octanol–water partition coefficient (Wildman–Crippen LogP) is 22.4. The molecular formula is C67H133NO3. The van der Waals surface area contributed by atoms with E-state index in [2.05, 4.69) is 19.2 Å². The summed E-state index contributed by atoms with van der Waals surface area (Å²) in [6.07, 6.45) is 84.3. The summed E-state index contributed by atoms with van der Waals surface area (Å²) in [5.41, 5.74) is 0. The average molecular weight is 1000 g/mol. The normalized spacial score (nSPS) is 12.7. The molecule has 71 heavy (non-hydrogen) atoms. The van der Waals surface area contributed by atoms with Gasteiger partial charge in [-0.2, -0.15) is 0 Å². The van der Waals surface area contributed by atoms with Crippen molar-refractivity contribution in [2.45, 2.75) is 405 Å². The number of hydrogen-bond donors (Lipinski definition) is 3. The zero-order valence-corrected chi connectivity index (χ0v) is 49.0. The first-order chi connectivity index (χ1) is 35.2. The van der Waals surface area contributed by atoms with Crippen LogP contribution in [0, 0.1) is 0 Å². The molecule has 0 aromatic carbocycles. The van der Waals surface area contributed by atoms with Crippen molar-refractivity contribution in [1.82, 2.24) is 5.32 Å². The van der Waals surface area contributed by atoms with Gasteiger partial charge in [0.1, 0.15) is 0 Å². The molecule has 1 amide bonds. The minimum absolute atomic E-state index is 0.0535. The summed E-state index contributed by atoms with van der Waals surface area (Å²) >= 11 is 0. The fourth-order valence-corrected chi connectivity index (χ4v) is 11.0. The fourth-order valence-electron chi connectivity index (χ4n) is 11.0. The molecule has 4 nitrogen and oxygen atoms in total. The van der Waals surface area contributed by atoms with E-state index in [4.69, 9.17) is 0 Å². The van der Waals surface area contributed by atoms with Gasteiger partial charge in [-0.15, -0.1) is 0 Å². The van der Waals surface area contributed by atoms with Crippen LogP contribution in [0.15, 0.2) is 12.2 Å². The summed E-state index contributed by atoms with van der Waals surface area (Å²) in [4.78, 5) is 12.5. The van der Waals surface area contributed by atoms with Gasteiger partial charge in [-0.3, -0.25) is 4.79 Å². The molecule has 0 rings (SSSR count). The van der Waals surface area contributed by atoms with Crippen molar-refractivity contribution in [2.75, 3.05) is 6.61 Å². The molecule has 0 saturated carbocycles. The summed E-state index contributed by atoms with van der Waals surface area (Å²) in [6, 6.07) is -0.619. The molecular weight excluding hydrogens is 867 g/mol. The second kappa shape index (κ2) is 63.4. The van der Waals surface area contributed by atoms with Gasteiger partial charge in [-0.1, -0.05) is 379 Å². The Hall–Kier alpha value is -0.870. The van der Waals surface area contributed by atoms with Crippen molar-refractivity contribution >= 4 is 5.91 Å². The van der Waals surface area contributed by atoms with Crippen molar-refractivity contribution < 1.29 is 15.0 Å². The Bertz CT molecular complexity index is 998. The Labute approximate surface area is 447 Å². The number of nitrogens with one attached hydrogen (secondary N) is 1. The van der Waals surface area contributed by atoms with Crippen LogP contribution in [0.5, 0.6) is 0 Å². The molecule has 424 valence electrons. The number of unbranched alkanes of at least 4 members (excludes halogenated alkanes) is 56. The lowest BCUT2D eigenvalue weighted by Crippen LogP contribution is -2.45. The van der Waals surface area contributed by atoms with Gasteiger partial charge in [0.15, 0.2) is 0 Å². The second-order valence-corrected chi connectivity index (χ2v) is 23.3. The van der Waals surface area contributed by atoms with Gasteiger partial charge in [0.2, 0.25) is 5.91 Å². The number of rotatable bonds is 63. The van der Waals surface area contributed by atoms with Gasteiger partial charge < -0.3 is 15.5 Å². The zero-order valence-electron chi connectivity index (χ0n) is 49.0. The monoisotopic (exact) mass is 1000 g/mol. The lowest BCUT2D eigenvalue weighted by atomic mass is 10.0. The van der Waals surface area contributed by atoms with Crippen molar-refractivity contribution in [3.8, 4) is 0 Å². The highest BCUT2D eigenvalue weighted by Crippen LogP contribution is 2.19. The maximum atomic E-state index is 12.5. The molecule has 2 atom stereocenters. The van der Waals surface area contributed by atoms with E-state index in [0.29, 0.717) is 6.42 Å². The first kappa shape index (κ1) is 70.1. The fraction of sp³-hybridized carbons (Fsp3) is 0.955. The van der Waals surface area contributed by atoms with Crippen LogP contribution in [0.1, 0.15) is 393 Å². The van der Waals surface area contributed by atoms with E-state index >= 15 is 0 Å². The van der Waals surface area contributed by atoms with Crippen LogP contribution in [-0.2, 0) is 4.79 Å². The van der Waals surface area contributed by atoms with E-state index in [1.807, 2.05) is 6.08 Å². The number of carbonyl (C=O) groups excluding carboxylic acids is 1. The van der Waals surface area contributed by atoms with Gasteiger partial charge in [0.05, 0.1) is 18.8 Å².